The Kier molecular flexibility index (Phi) is 3.08. The molecule has 1 aromatic carbocycles. The lowest BCUT2D eigenvalue weighted by Gasteiger charge is -2.13. The lowest BCUT2D eigenvalue weighted by molar-refractivity contribution is 0.467. The third kappa shape index (κ3) is 2.14. The van der Waals surface area contributed by atoms with Crippen LogP contribution in [0, 0.1) is 6.92 Å². The van der Waals surface area contributed by atoms with Crippen LogP contribution in [0.15, 0.2) is 67.3 Å². The predicted molar refractivity (Wildman–Crippen MR) is 85.8 cm³/mol. The summed E-state index contributed by atoms with van der Waals surface area (Å²) in [7, 11) is 0. The van der Waals surface area contributed by atoms with Gasteiger partial charge in [-0.15, -0.1) is 11.8 Å². The molecule has 0 amide bonds. The first-order chi connectivity index (χ1) is 10.7. The fraction of sp³-hybridized carbons (Fsp3) is 0.118. The standard InChI is InChI=1S/C17H13NO3S/c1-10-9-12-15(17(19)21-10)16(13-6-4-8-20-13)22-14-7-3-2-5-11(14)18-12/h2-9,16,18H,1H3/t16-/m0/s1. The van der Waals surface area contributed by atoms with Crippen molar-refractivity contribution < 1.29 is 8.83 Å². The fourth-order valence-corrected chi connectivity index (χ4v) is 3.87. The predicted octanol–water partition coefficient (Wildman–Crippen LogP) is 4.48. The van der Waals surface area contributed by atoms with E-state index >= 15 is 0 Å². The highest BCUT2D eigenvalue weighted by Gasteiger charge is 2.29. The zero-order valence-electron chi connectivity index (χ0n) is 11.8. The lowest BCUT2D eigenvalue weighted by Crippen LogP contribution is -2.13. The summed E-state index contributed by atoms with van der Waals surface area (Å²) in [5, 5.41) is 3.12. The molecule has 3 aromatic rings. The molecule has 4 nitrogen and oxygen atoms in total. The van der Waals surface area contributed by atoms with E-state index < -0.39 is 0 Å². The number of anilines is 2. The quantitative estimate of drug-likeness (QED) is 0.718. The Hall–Kier alpha value is -2.40. The van der Waals surface area contributed by atoms with Crippen LogP contribution >= 0.6 is 11.8 Å². The molecule has 3 heterocycles. The second-order valence-corrected chi connectivity index (χ2v) is 6.25. The molecule has 22 heavy (non-hydrogen) atoms. The molecule has 0 spiro atoms. The Morgan fingerprint density at radius 2 is 2.00 bits per heavy atom. The molecule has 5 heteroatoms. The molecule has 1 atom stereocenters. The second kappa shape index (κ2) is 5.10. The van der Waals surface area contributed by atoms with Crippen LogP contribution in [0.3, 0.4) is 0 Å². The van der Waals surface area contributed by atoms with Crippen LogP contribution in [-0.4, -0.2) is 0 Å². The van der Waals surface area contributed by atoms with E-state index in [9.17, 15) is 4.79 Å². The summed E-state index contributed by atoms with van der Waals surface area (Å²) >= 11 is 1.58. The van der Waals surface area contributed by atoms with Gasteiger partial charge in [-0.1, -0.05) is 12.1 Å². The number of aryl methyl sites for hydroxylation is 1. The smallest absolute Gasteiger partial charge is 0.342 e. The number of thioether (sulfide) groups is 1. The third-order valence-corrected chi connectivity index (χ3v) is 4.89. The molecule has 0 fully saturated rings. The summed E-state index contributed by atoms with van der Waals surface area (Å²) in [6.45, 7) is 1.77. The van der Waals surface area contributed by atoms with E-state index in [1.54, 1.807) is 24.9 Å². The van der Waals surface area contributed by atoms with Crippen LogP contribution in [0.25, 0.3) is 0 Å². The number of fused-ring (bicyclic) bond motifs is 2. The number of rotatable bonds is 1. The van der Waals surface area contributed by atoms with E-state index in [0.29, 0.717) is 11.3 Å². The van der Waals surface area contributed by atoms with Gasteiger partial charge in [0.25, 0.3) is 0 Å². The third-order valence-electron chi connectivity index (χ3n) is 3.58. The molecule has 1 aliphatic rings. The average Bonchev–Trinajstić information content (AvgIpc) is 2.95. The average molecular weight is 311 g/mol. The monoisotopic (exact) mass is 311 g/mol. The van der Waals surface area contributed by atoms with Crippen molar-refractivity contribution in [3.8, 4) is 0 Å². The maximum atomic E-state index is 12.4. The van der Waals surface area contributed by atoms with Crippen LogP contribution in [-0.2, 0) is 0 Å². The summed E-state index contributed by atoms with van der Waals surface area (Å²) in [5.41, 5.74) is 2.01. The van der Waals surface area contributed by atoms with Crippen LogP contribution in [0.5, 0.6) is 0 Å². The van der Waals surface area contributed by atoms with E-state index in [0.717, 1.165) is 22.0 Å². The van der Waals surface area contributed by atoms with E-state index in [1.165, 1.54) is 0 Å². The van der Waals surface area contributed by atoms with Crippen LogP contribution in [0.4, 0.5) is 11.4 Å². The van der Waals surface area contributed by atoms with Crippen molar-refractivity contribution >= 4 is 23.1 Å². The highest BCUT2D eigenvalue weighted by Crippen LogP contribution is 2.48. The van der Waals surface area contributed by atoms with Gasteiger partial charge in [-0.3, -0.25) is 0 Å². The second-order valence-electron chi connectivity index (χ2n) is 5.11. The molecule has 1 N–H and O–H groups in total. The van der Waals surface area contributed by atoms with Crippen LogP contribution < -0.4 is 10.9 Å². The van der Waals surface area contributed by atoms with E-state index in [4.69, 9.17) is 8.83 Å². The Balaban J connectivity index is 1.98. The highest BCUT2D eigenvalue weighted by atomic mass is 32.2. The van der Waals surface area contributed by atoms with Crippen molar-refractivity contribution in [1.29, 1.82) is 0 Å². The molecule has 0 bridgehead atoms. The van der Waals surface area contributed by atoms with Gasteiger partial charge in [0.1, 0.15) is 16.8 Å². The number of hydrogen-bond donors (Lipinski definition) is 1. The van der Waals surface area contributed by atoms with Gasteiger partial charge in [-0.2, -0.15) is 0 Å². The molecule has 0 aliphatic carbocycles. The van der Waals surface area contributed by atoms with E-state index in [2.05, 4.69) is 5.32 Å². The number of para-hydroxylation sites is 1. The van der Waals surface area contributed by atoms with Gasteiger partial charge in [0.2, 0.25) is 0 Å². The van der Waals surface area contributed by atoms with Crippen LogP contribution in [0.2, 0.25) is 0 Å². The zero-order chi connectivity index (χ0) is 15.1. The Morgan fingerprint density at radius 1 is 1.14 bits per heavy atom. The number of nitrogens with one attached hydrogen (secondary N) is 1. The summed E-state index contributed by atoms with van der Waals surface area (Å²) in [5.74, 6) is 1.32. The van der Waals surface area contributed by atoms with Crippen molar-refractivity contribution in [1.82, 2.24) is 0 Å². The number of hydrogen-bond acceptors (Lipinski definition) is 5. The first kappa shape index (κ1) is 13.3. The molecular weight excluding hydrogens is 298 g/mol. The minimum absolute atomic E-state index is 0.238. The van der Waals surface area contributed by atoms with Gasteiger partial charge in [0, 0.05) is 11.0 Å². The lowest BCUT2D eigenvalue weighted by atomic mass is 10.1. The first-order valence-electron chi connectivity index (χ1n) is 6.93. The van der Waals surface area contributed by atoms with Crippen molar-refractivity contribution in [2.24, 2.45) is 0 Å². The molecule has 110 valence electrons. The topological polar surface area (TPSA) is 55.4 Å². The van der Waals surface area contributed by atoms with E-state index in [-0.39, 0.29) is 10.9 Å². The number of benzene rings is 1. The Labute approximate surface area is 131 Å². The van der Waals surface area contributed by atoms with Gasteiger partial charge in [0.05, 0.1) is 23.2 Å². The maximum absolute atomic E-state index is 12.4. The zero-order valence-corrected chi connectivity index (χ0v) is 12.6. The summed E-state index contributed by atoms with van der Waals surface area (Å²) in [4.78, 5) is 13.5. The highest BCUT2D eigenvalue weighted by molar-refractivity contribution is 8.00. The van der Waals surface area contributed by atoms with Crippen molar-refractivity contribution in [3.63, 3.8) is 0 Å². The summed E-state index contributed by atoms with van der Waals surface area (Å²) < 4.78 is 10.9. The Morgan fingerprint density at radius 3 is 2.82 bits per heavy atom. The van der Waals surface area contributed by atoms with Gasteiger partial charge in [0.15, 0.2) is 0 Å². The maximum Gasteiger partial charge on any atom is 0.342 e. The fourth-order valence-electron chi connectivity index (χ4n) is 2.62. The Bertz CT molecular complexity index is 883. The molecule has 0 saturated carbocycles. The molecule has 0 radical (unpaired) electrons. The van der Waals surface area contributed by atoms with Crippen molar-refractivity contribution in [2.45, 2.75) is 17.1 Å². The minimum atomic E-state index is -0.329. The molecular formula is C17H13NO3S. The minimum Gasteiger partial charge on any atom is -0.468 e. The number of furan rings is 1. The van der Waals surface area contributed by atoms with Crippen molar-refractivity contribution in [3.05, 3.63) is 76.2 Å². The van der Waals surface area contributed by atoms with Crippen LogP contribution in [0.1, 0.15) is 22.3 Å². The summed E-state index contributed by atoms with van der Waals surface area (Å²) in [6, 6.07) is 13.6. The van der Waals surface area contributed by atoms with E-state index in [1.807, 2.05) is 42.5 Å². The first-order valence-corrected chi connectivity index (χ1v) is 7.81. The molecule has 0 saturated heterocycles. The van der Waals surface area contributed by atoms with Gasteiger partial charge >= 0.3 is 5.63 Å². The van der Waals surface area contributed by atoms with Gasteiger partial charge < -0.3 is 14.2 Å². The molecule has 2 aromatic heterocycles. The normalized spacial score (nSPS) is 16.3. The SMILES string of the molecule is Cc1cc2c(c(=O)o1)[C@H](c1ccco1)Sc1ccccc1N2. The molecule has 0 unspecified atom stereocenters. The van der Waals surface area contributed by atoms with Crippen molar-refractivity contribution in [2.75, 3.05) is 5.32 Å². The van der Waals surface area contributed by atoms with Gasteiger partial charge in [-0.25, -0.2) is 4.79 Å². The largest absolute Gasteiger partial charge is 0.468 e. The van der Waals surface area contributed by atoms with Gasteiger partial charge in [-0.05, 0) is 31.2 Å². The molecule has 4 rings (SSSR count). The summed E-state index contributed by atoms with van der Waals surface area (Å²) in [6.07, 6.45) is 1.62. The molecule has 1 aliphatic heterocycles.